The fraction of sp³-hybridized carbons (Fsp3) is 0.333. The van der Waals surface area contributed by atoms with Gasteiger partial charge in [-0.05, 0) is 25.1 Å². The minimum atomic E-state index is -4.56. The summed E-state index contributed by atoms with van der Waals surface area (Å²) in [7, 11) is 0. The van der Waals surface area contributed by atoms with Crippen molar-refractivity contribution in [1.82, 2.24) is 10.6 Å². The molecule has 2 rings (SSSR count). The Morgan fingerprint density at radius 2 is 2.12 bits per heavy atom. The Hall–Kier alpha value is -1.87. The average Bonchev–Trinajstić information content (AvgIpc) is 2.53. The molecule has 1 aromatic rings. The first-order valence-corrected chi connectivity index (χ1v) is 8.52. The second-order valence-corrected chi connectivity index (χ2v) is 6.37. The fourth-order valence-electron chi connectivity index (χ4n) is 2.04. The fourth-order valence-corrected chi connectivity index (χ4v) is 3.18. The summed E-state index contributed by atoms with van der Waals surface area (Å²) in [5, 5.41) is 4.55. The predicted molar refractivity (Wildman–Crippen MR) is 87.4 cm³/mol. The van der Waals surface area contributed by atoms with Gasteiger partial charge in [-0.3, -0.25) is 0 Å². The zero-order chi connectivity index (χ0) is 18.6. The van der Waals surface area contributed by atoms with Gasteiger partial charge >= 0.3 is 18.2 Å². The Balaban J connectivity index is 2.20. The molecule has 0 spiro atoms. The molecule has 0 radical (unpaired) electrons. The Bertz CT molecular complexity index is 722. The summed E-state index contributed by atoms with van der Waals surface area (Å²) in [6.07, 6.45) is -4.56. The van der Waals surface area contributed by atoms with Crippen molar-refractivity contribution in [2.45, 2.75) is 18.0 Å². The Kier molecular flexibility index (Phi) is 6.23. The van der Waals surface area contributed by atoms with E-state index in [1.54, 1.807) is 6.92 Å². The SMILES string of the molecule is CCOC(=O)C1=C(CSc2ccc(Cl)c(C(F)(F)F)c2)NC(=O)NC1. The molecule has 1 aromatic carbocycles. The Morgan fingerprint density at radius 1 is 1.40 bits per heavy atom. The lowest BCUT2D eigenvalue weighted by atomic mass is 10.2. The van der Waals surface area contributed by atoms with Gasteiger partial charge in [0.25, 0.3) is 0 Å². The van der Waals surface area contributed by atoms with Crippen molar-refractivity contribution in [2.75, 3.05) is 18.9 Å². The normalized spacial score (nSPS) is 14.8. The maximum absolute atomic E-state index is 12.9. The van der Waals surface area contributed by atoms with Gasteiger partial charge in [0.15, 0.2) is 0 Å². The number of hydrogen-bond acceptors (Lipinski definition) is 4. The van der Waals surface area contributed by atoms with Crippen molar-refractivity contribution in [1.29, 1.82) is 0 Å². The van der Waals surface area contributed by atoms with Crippen LogP contribution in [-0.2, 0) is 15.7 Å². The zero-order valence-corrected chi connectivity index (χ0v) is 14.6. The highest BCUT2D eigenvalue weighted by Gasteiger charge is 2.33. The number of ether oxygens (including phenoxy) is 1. The number of esters is 1. The molecular formula is C15H14ClF3N2O3S. The van der Waals surface area contributed by atoms with E-state index in [1.807, 2.05) is 0 Å². The molecule has 1 aliphatic rings. The van der Waals surface area contributed by atoms with Crippen LogP contribution in [0.15, 0.2) is 34.4 Å². The largest absolute Gasteiger partial charge is 0.463 e. The molecule has 0 unspecified atom stereocenters. The van der Waals surface area contributed by atoms with Crippen molar-refractivity contribution in [3.05, 3.63) is 40.1 Å². The van der Waals surface area contributed by atoms with Gasteiger partial charge in [-0.15, -0.1) is 11.8 Å². The van der Waals surface area contributed by atoms with Crippen molar-refractivity contribution < 1.29 is 27.5 Å². The van der Waals surface area contributed by atoms with E-state index in [0.29, 0.717) is 10.6 Å². The van der Waals surface area contributed by atoms with Gasteiger partial charge in [-0.1, -0.05) is 11.6 Å². The lowest BCUT2D eigenvalue weighted by molar-refractivity contribution is -0.139. The van der Waals surface area contributed by atoms with E-state index in [9.17, 15) is 22.8 Å². The second-order valence-electron chi connectivity index (χ2n) is 4.91. The van der Waals surface area contributed by atoms with E-state index >= 15 is 0 Å². The Labute approximate surface area is 150 Å². The molecule has 0 aliphatic carbocycles. The van der Waals surface area contributed by atoms with Crippen LogP contribution >= 0.6 is 23.4 Å². The number of urea groups is 1. The topological polar surface area (TPSA) is 67.4 Å². The number of nitrogens with one attached hydrogen (secondary N) is 2. The Morgan fingerprint density at radius 3 is 2.76 bits per heavy atom. The van der Waals surface area contributed by atoms with E-state index in [0.717, 1.165) is 23.9 Å². The van der Waals surface area contributed by atoms with Gasteiger partial charge in [-0.25, -0.2) is 9.59 Å². The lowest BCUT2D eigenvalue weighted by Gasteiger charge is -2.21. The number of carbonyl (C=O) groups is 2. The molecule has 25 heavy (non-hydrogen) atoms. The summed E-state index contributed by atoms with van der Waals surface area (Å²) >= 11 is 6.62. The highest BCUT2D eigenvalue weighted by atomic mass is 35.5. The smallest absolute Gasteiger partial charge is 0.417 e. The number of benzene rings is 1. The average molecular weight is 395 g/mol. The summed E-state index contributed by atoms with van der Waals surface area (Å²) in [4.78, 5) is 23.7. The molecule has 1 heterocycles. The highest BCUT2D eigenvalue weighted by molar-refractivity contribution is 7.99. The van der Waals surface area contributed by atoms with Crippen molar-refractivity contribution >= 4 is 35.4 Å². The van der Waals surface area contributed by atoms with E-state index in [4.69, 9.17) is 16.3 Å². The number of halogens is 4. The molecule has 1 aliphatic heterocycles. The van der Waals surface area contributed by atoms with E-state index in [1.165, 1.54) is 6.07 Å². The van der Waals surface area contributed by atoms with Crippen LogP contribution in [0.4, 0.5) is 18.0 Å². The van der Waals surface area contributed by atoms with Gasteiger partial charge < -0.3 is 15.4 Å². The minimum absolute atomic E-state index is 0.00498. The number of amides is 2. The van der Waals surface area contributed by atoms with Crippen LogP contribution in [0.5, 0.6) is 0 Å². The number of carbonyl (C=O) groups excluding carboxylic acids is 2. The van der Waals surface area contributed by atoms with Gasteiger partial charge in [0.2, 0.25) is 0 Å². The van der Waals surface area contributed by atoms with Crippen LogP contribution in [-0.4, -0.2) is 30.9 Å². The molecular weight excluding hydrogens is 381 g/mol. The third-order valence-electron chi connectivity index (χ3n) is 3.20. The molecule has 0 saturated carbocycles. The first kappa shape index (κ1) is 19.5. The maximum atomic E-state index is 12.9. The molecule has 0 fully saturated rings. The van der Waals surface area contributed by atoms with Crippen molar-refractivity contribution in [3.63, 3.8) is 0 Å². The molecule has 5 nitrogen and oxygen atoms in total. The first-order valence-electron chi connectivity index (χ1n) is 7.16. The van der Waals surface area contributed by atoms with Gasteiger partial charge in [0, 0.05) is 16.3 Å². The second kappa shape index (κ2) is 8.01. The zero-order valence-electron chi connectivity index (χ0n) is 13.0. The number of thioether (sulfide) groups is 1. The predicted octanol–water partition coefficient (Wildman–Crippen LogP) is 3.58. The van der Waals surface area contributed by atoms with Crippen LogP contribution < -0.4 is 10.6 Å². The highest BCUT2D eigenvalue weighted by Crippen LogP contribution is 2.37. The van der Waals surface area contributed by atoms with Crippen LogP contribution in [0.3, 0.4) is 0 Å². The minimum Gasteiger partial charge on any atom is -0.463 e. The van der Waals surface area contributed by atoms with Crippen LogP contribution in [0.25, 0.3) is 0 Å². The summed E-state index contributed by atoms with van der Waals surface area (Å²) in [5.74, 6) is -0.488. The monoisotopic (exact) mass is 394 g/mol. The van der Waals surface area contributed by atoms with Gasteiger partial charge in [0.1, 0.15) is 0 Å². The third kappa shape index (κ3) is 5.05. The van der Waals surface area contributed by atoms with Crippen molar-refractivity contribution in [3.8, 4) is 0 Å². The summed E-state index contributed by atoms with van der Waals surface area (Å²) in [6.45, 7) is 1.81. The first-order chi connectivity index (χ1) is 11.7. The summed E-state index contributed by atoms with van der Waals surface area (Å²) in [5.41, 5.74) is -0.400. The van der Waals surface area contributed by atoms with E-state index in [2.05, 4.69) is 10.6 Å². The van der Waals surface area contributed by atoms with E-state index in [-0.39, 0.29) is 24.5 Å². The van der Waals surface area contributed by atoms with E-state index < -0.39 is 28.8 Å². The lowest BCUT2D eigenvalue weighted by Crippen LogP contribution is -2.44. The molecule has 136 valence electrons. The summed E-state index contributed by atoms with van der Waals surface area (Å²) in [6, 6.07) is 3.04. The number of alkyl halides is 3. The van der Waals surface area contributed by atoms with Crippen LogP contribution in [0.2, 0.25) is 5.02 Å². The summed E-state index contributed by atoms with van der Waals surface area (Å²) < 4.78 is 43.6. The third-order valence-corrected chi connectivity index (χ3v) is 4.55. The maximum Gasteiger partial charge on any atom is 0.417 e. The molecule has 0 atom stereocenters. The van der Waals surface area contributed by atoms with Crippen LogP contribution in [0, 0.1) is 0 Å². The standard InChI is InChI=1S/C15H14ClF3N2O3S/c1-2-24-13(22)9-6-20-14(23)21-12(9)7-25-8-3-4-11(16)10(5-8)15(17,18)19/h3-5H,2,6-7H2,1H3,(H2,20,21,23). The molecule has 10 heteroatoms. The number of hydrogen-bond donors (Lipinski definition) is 2. The molecule has 0 bridgehead atoms. The van der Waals surface area contributed by atoms with Crippen LogP contribution in [0.1, 0.15) is 12.5 Å². The van der Waals surface area contributed by atoms with Crippen molar-refractivity contribution in [2.24, 2.45) is 0 Å². The quantitative estimate of drug-likeness (QED) is 0.591. The molecule has 0 aromatic heterocycles. The van der Waals surface area contributed by atoms with Gasteiger partial charge in [-0.2, -0.15) is 13.2 Å². The molecule has 0 saturated heterocycles. The number of rotatable bonds is 5. The molecule has 2 N–H and O–H groups in total. The molecule has 2 amide bonds. The van der Waals surface area contributed by atoms with Gasteiger partial charge in [0.05, 0.1) is 29.3 Å².